The van der Waals surface area contributed by atoms with Crippen molar-refractivity contribution in [3.8, 4) is 5.75 Å². The maximum atomic E-state index is 5.64. The Morgan fingerprint density at radius 2 is 2.11 bits per heavy atom. The van der Waals surface area contributed by atoms with Gasteiger partial charge in [0.05, 0.1) is 24.9 Å². The first kappa shape index (κ1) is 14.9. The molecule has 1 aromatic rings. The Morgan fingerprint density at radius 1 is 1.39 bits per heavy atom. The topological polar surface area (TPSA) is 69.4 Å². The van der Waals surface area contributed by atoms with Crippen LogP contribution in [0.25, 0.3) is 0 Å². The summed E-state index contributed by atoms with van der Waals surface area (Å²) in [5.41, 5.74) is 3.76. The molecule has 0 aliphatic rings. The van der Waals surface area contributed by atoms with Crippen LogP contribution in [0, 0.1) is 5.92 Å². The molecule has 0 saturated heterocycles. The molecule has 3 N–H and O–H groups in total. The van der Waals surface area contributed by atoms with Gasteiger partial charge in [0.15, 0.2) is 0 Å². The second-order valence-electron chi connectivity index (χ2n) is 4.48. The minimum absolute atomic E-state index is 0.0197. The molecule has 102 valence electrons. The second-order valence-corrected chi connectivity index (χ2v) is 4.48. The number of hydrazine groups is 1. The highest BCUT2D eigenvalue weighted by Gasteiger charge is 2.25. The molecule has 0 saturated carbocycles. The van der Waals surface area contributed by atoms with Crippen LogP contribution in [0.4, 0.5) is 0 Å². The summed E-state index contributed by atoms with van der Waals surface area (Å²) in [5.74, 6) is 6.73. The molecule has 0 bridgehead atoms. The third-order valence-corrected chi connectivity index (χ3v) is 2.84. The van der Waals surface area contributed by atoms with E-state index in [-0.39, 0.29) is 12.1 Å². The molecule has 1 aromatic heterocycles. The zero-order chi connectivity index (χ0) is 13.5. The predicted octanol–water partition coefficient (Wildman–Crippen LogP) is 1.66. The molecule has 0 spiro atoms. The van der Waals surface area contributed by atoms with E-state index >= 15 is 0 Å². The molecule has 0 fully saturated rings. The van der Waals surface area contributed by atoms with E-state index in [1.165, 1.54) is 0 Å². The predicted molar refractivity (Wildman–Crippen MR) is 71.1 cm³/mol. The number of hydrogen-bond donors (Lipinski definition) is 2. The molecule has 5 heteroatoms. The van der Waals surface area contributed by atoms with Gasteiger partial charge in [-0.05, 0) is 24.5 Å². The minimum Gasteiger partial charge on any atom is -0.492 e. The van der Waals surface area contributed by atoms with Crippen molar-refractivity contribution in [1.82, 2.24) is 10.4 Å². The first-order chi connectivity index (χ1) is 8.63. The van der Waals surface area contributed by atoms with Gasteiger partial charge >= 0.3 is 0 Å². The summed E-state index contributed by atoms with van der Waals surface area (Å²) in [4.78, 5) is 4.17. The Kier molecular flexibility index (Phi) is 6.04. The van der Waals surface area contributed by atoms with Crippen molar-refractivity contribution in [2.24, 2.45) is 11.8 Å². The van der Waals surface area contributed by atoms with Crippen molar-refractivity contribution in [2.45, 2.75) is 32.9 Å². The van der Waals surface area contributed by atoms with Crippen LogP contribution in [0.2, 0.25) is 0 Å². The van der Waals surface area contributed by atoms with E-state index in [9.17, 15) is 0 Å². The number of pyridine rings is 1. The molecule has 1 heterocycles. The number of nitrogens with two attached hydrogens (primary N) is 1. The summed E-state index contributed by atoms with van der Waals surface area (Å²) < 4.78 is 11.0. The Labute approximate surface area is 109 Å². The zero-order valence-electron chi connectivity index (χ0n) is 11.5. The molecule has 0 radical (unpaired) electrons. The Hall–Kier alpha value is -1.17. The first-order valence-electron chi connectivity index (χ1n) is 6.20. The van der Waals surface area contributed by atoms with Crippen molar-refractivity contribution in [3.05, 3.63) is 24.0 Å². The fraction of sp³-hybridized carbons (Fsp3) is 0.615. The largest absolute Gasteiger partial charge is 0.492 e. The molecular formula is C13H23N3O2. The molecule has 5 nitrogen and oxygen atoms in total. The van der Waals surface area contributed by atoms with E-state index in [4.69, 9.17) is 15.3 Å². The molecule has 1 rings (SSSR count). The van der Waals surface area contributed by atoms with Gasteiger partial charge in [-0.25, -0.2) is 0 Å². The molecule has 18 heavy (non-hydrogen) atoms. The van der Waals surface area contributed by atoms with Crippen LogP contribution in [0.15, 0.2) is 18.5 Å². The average molecular weight is 253 g/mol. The standard InChI is InChI=1S/C13H23N3O2/c1-5-18-11-6-10(7-15-8-11)12(16-14)13(17-4)9(2)3/h6-9,12-13,16H,5,14H2,1-4H3. The fourth-order valence-electron chi connectivity index (χ4n) is 2.03. The van der Waals surface area contributed by atoms with Crippen molar-refractivity contribution >= 4 is 0 Å². The maximum Gasteiger partial charge on any atom is 0.137 e. The molecule has 0 aliphatic carbocycles. The van der Waals surface area contributed by atoms with Crippen molar-refractivity contribution in [1.29, 1.82) is 0 Å². The van der Waals surface area contributed by atoms with Crippen molar-refractivity contribution in [2.75, 3.05) is 13.7 Å². The molecule has 2 unspecified atom stereocenters. The normalized spacial score (nSPS) is 14.6. The molecular weight excluding hydrogens is 230 g/mol. The lowest BCUT2D eigenvalue weighted by Gasteiger charge is -2.28. The van der Waals surface area contributed by atoms with E-state index in [0.29, 0.717) is 12.5 Å². The lowest BCUT2D eigenvalue weighted by Crippen LogP contribution is -2.40. The van der Waals surface area contributed by atoms with Crippen LogP contribution in [0.5, 0.6) is 5.75 Å². The van der Waals surface area contributed by atoms with Crippen LogP contribution >= 0.6 is 0 Å². The van der Waals surface area contributed by atoms with Gasteiger partial charge in [-0.1, -0.05) is 13.8 Å². The lowest BCUT2D eigenvalue weighted by atomic mass is 9.95. The lowest BCUT2D eigenvalue weighted by molar-refractivity contribution is 0.0324. The highest BCUT2D eigenvalue weighted by molar-refractivity contribution is 5.26. The van der Waals surface area contributed by atoms with Gasteiger partial charge in [0.25, 0.3) is 0 Å². The number of aromatic nitrogens is 1. The van der Waals surface area contributed by atoms with Gasteiger partial charge in [-0.2, -0.15) is 0 Å². The van der Waals surface area contributed by atoms with E-state index in [2.05, 4.69) is 24.3 Å². The molecule has 2 atom stereocenters. The molecule has 0 aromatic carbocycles. The quantitative estimate of drug-likeness (QED) is 0.571. The van der Waals surface area contributed by atoms with Gasteiger partial charge in [0.1, 0.15) is 5.75 Å². The van der Waals surface area contributed by atoms with Gasteiger partial charge < -0.3 is 9.47 Å². The van der Waals surface area contributed by atoms with Gasteiger partial charge in [0.2, 0.25) is 0 Å². The minimum atomic E-state index is -0.108. The summed E-state index contributed by atoms with van der Waals surface area (Å²) in [7, 11) is 1.69. The zero-order valence-corrected chi connectivity index (χ0v) is 11.5. The Bertz CT molecular complexity index is 358. The summed E-state index contributed by atoms with van der Waals surface area (Å²) >= 11 is 0. The number of ether oxygens (including phenoxy) is 2. The number of methoxy groups -OCH3 is 1. The third-order valence-electron chi connectivity index (χ3n) is 2.84. The van der Waals surface area contributed by atoms with Crippen LogP contribution in [0.1, 0.15) is 32.4 Å². The monoisotopic (exact) mass is 253 g/mol. The van der Waals surface area contributed by atoms with E-state index in [1.54, 1.807) is 19.5 Å². The number of nitrogens with zero attached hydrogens (tertiary/aromatic N) is 1. The number of rotatable bonds is 7. The first-order valence-corrected chi connectivity index (χ1v) is 6.20. The number of nitrogens with one attached hydrogen (secondary N) is 1. The highest BCUT2D eigenvalue weighted by Crippen LogP contribution is 2.25. The molecule has 0 amide bonds. The van der Waals surface area contributed by atoms with Crippen LogP contribution in [-0.4, -0.2) is 24.8 Å². The van der Waals surface area contributed by atoms with E-state index in [0.717, 1.165) is 11.3 Å². The maximum absolute atomic E-state index is 5.64. The van der Waals surface area contributed by atoms with E-state index < -0.39 is 0 Å². The average Bonchev–Trinajstić information content (AvgIpc) is 2.36. The third kappa shape index (κ3) is 3.66. The smallest absolute Gasteiger partial charge is 0.137 e. The van der Waals surface area contributed by atoms with Crippen LogP contribution < -0.4 is 16.0 Å². The van der Waals surface area contributed by atoms with Crippen molar-refractivity contribution in [3.63, 3.8) is 0 Å². The van der Waals surface area contributed by atoms with Gasteiger partial charge in [-0.15, -0.1) is 0 Å². The van der Waals surface area contributed by atoms with E-state index in [1.807, 2.05) is 13.0 Å². The number of hydrogen-bond acceptors (Lipinski definition) is 5. The van der Waals surface area contributed by atoms with Crippen LogP contribution in [-0.2, 0) is 4.74 Å². The van der Waals surface area contributed by atoms with Gasteiger partial charge in [0, 0.05) is 13.3 Å². The summed E-state index contributed by atoms with van der Waals surface area (Å²) in [6, 6.07) is 1.83. The van der Waals surface area contributed by atoms with Crippen LogP contribution in [0.3, 0.4) is 0 Å². The Balaban J connectivity index is 2.96. The molecule has 0 aliphatic heterocycles. The summed E-state index contributed by atoms with van der Waals surface area (Å²) in [5, 5.41) is 0. The summed E-state index contributed by atoms with van der Waals surface area (Å²) in [6.45, 7) is 6.75. The van der Waals surface area contributed by atoms with Gasteiger partial charge in [-0.3, -0.25) is 16.3 Å². The van der Waals surface area contributed by atoms with Crippen molar-refractivity contribution < 1.29 is 9.47 Å². The SMILES string of the molecule is CCOc1cncc(C(NN)C(OC)C(C)C)c1. The summed E-state index contributed by atoms with van der Waals surface area (Å²) in [6.07, 6.45) is 3.45. The highest BCUT2D eigenvalue weighted by atomic mass is 16.5. The second kappa shape index (κ2) is 7.31. The Morgan fingerprint density at radius 3 is 2.61 bits per heavy atom. The fourth-order valence-corrected chi connectivity index (χ4v) is 2.03.